The van der Waals surface area contributed by atoms with Crippen LogP contribution >= 0.6 is 0 Å². The first kappa shape index (κ1) is 16.0. The zero-order valence-corrected chi connectivity index (χ0v) is 13.7. The number of H-pyrrole nitrogens is 1. The Kier molecular flexibility index (Phi) is 5.06. The van der Waals surface area contributed by atoms with Crippen molar-refractivity contribution in [2.75, 3.05) is 6.61 Å². The summed E-state index contributed by atoms with van der Waals surface area (Å²) in [6.07, 6.45) is 10.5. The van der Waals surface area contributed by atoms with Gasteiger partial charge in [0.2, 0.25) is 0 Å². The molecule has 0 unspecified atom stereocenters. The number of hydrogen-bond donors (Lipinski definition) is 1. The van der Waals surface area contributed by atoms with Crippen molar-refractivity contribution < 1.29 is 9.53 Å². The molecule has 0 spiro atoms. The van der Waals surface area contributed by atoms with Crippen molar-refractivity contribution in [1.82, 2.24) is 9.97 Å². The number of pyridine rings is 1. The molecule has 0 saturated heterocycles. The quantitative estimate of drug-likeness (QED) is 0.423. The van der Waals surface area contributed by atoms with Gasteiger partial charge in [0.05, 0.1) is 6.61 Å². The van der Waals surface area contributed by atoms with Crippen LogP contribution in [-0.2, 0) is 16.0 Å². The van der Waals surface area contributed by atoms with Gasteiger partial charge in [0, 0.05) is 30.2 Å². The zero-order chi connectivity index (χ0) is 16.8. The van der Waals surface area contributed by atoms with E-state index in [9.17, 15) is 4.79 Å². The van der Waals surface area contributed by atoms with E-state index in [0.717, 1.165) is 34.9 Å². The molecule has 0 radical (unpaired) electrons. The van der Waals surface area contributed by atoms with Crippen molar-refractivity contribution >= 4 is 22.9 Å². The van der Waals surface area contributed by atoms with Crippen LogP contribution in [0.25, 0.3) is 17.0 Å². The van der Waals surface area contributed by atoms with Gasteiger partial charge in [-0.05, 0) is 66.1 Å². The van der Waals surface area contributed by atoms with Crippen molar-refractivity contribution in [3.8, 4) is 0 Å². The van der Waals surface area contributed by atoms with Crippen LogP contribution in [0, 0.1) is 6.92 Å². The maximum Gasteiger partial charge on any atom is 0.330 e. The molecule has 0 aliphatic carbocycles. The Labute approximate surface area is 141 Å². The van der Waals surface area contributed by atoms with E-state index in [2.05, 4.69) is 16.0 Å². The smallest absolute Gasteiger partial charge is 0.330 e. The molecular weight excluding hydrogens is 300 g/mol. The predicted molar refractivity (Wildman–Crippen MR) is 95.6 cm³/mol. The maximum atomic E-state index is 11.8. The number of aryl methyl sites for hydroxylation is 2. The lowest BCUT2D eigenvalue weighted by molar-refractivity contribution is -0.137. The van der Waals surface area contributed by atoms with Gasteiger partial charge < -0.3 is 9.72 Å². The number of ether oxygens (including phenoxy) is 1. The van der Waals surface area contributed by atoms with E-state index in [1.807, 2.05) is 49.8 Å². The summed E-state index contributed by atoms with van der Waals surface area (Å²) >= 11 is 0. The third-order valence-corrected chi connectivity index (χ3v) is 3.77. The van der Waals surface area contributed by atoms with E-state index in [4.69, 9.17) is 4.74 Å². The Morgan fingerprint density at radius 1 is 1.25 bits per heavy atom. The highest BCUT2D eigenvalue weighted by molar-refractivity contribution is 5.88. The van der Waals surface area contributed by atoms with Crippen molar-refractivity contribution in [3.05, 3.63) is 71.7 Å². The molecule has 2 heterocycles. The molecule has 0 amide bonds. The Hall–Kier alpha value is -2.88. The summed E-state index contributed by atoms with van der Waals surface area (Å²) in [5.41, 5.74) is 4.37. The van der Waals surface area contributed by atoms with Crippen LogP contribution in [0.5, 0.6) is 0 Å². The first-order valence-electron chi connectivity index (χ1n) is 8.03. The molecule has 0 saturated carbocycles. The average Bonchev–Trinajstić information content (AvgIpc) is 3.05. The molecule has 0 aliphatic heterocycles. The fourth-order valence-electron chi connectivity index (χ4n) is 2.59. The van der Waals surface area contributed by atoms with Gasteiger partial charge >= 0.3 is 5.97 Å². The topological polar surface area (TPSA) is 55.0 Å². The molecule has 3 rings (SSSR count). The number of carbonyl (C=O) groups excluding carboxylic acids is 1. The van der Waals surface area contributed by atoms with Gasteiger partial charge in [0.1, 0.15) is 0 Å². The van der Waals surface area contributed by atoms with Crippen LogP contribution in [0.15, 0.2) is 55.0 Å². The molecule has 4 nitrogen and oxygen atoms in total. The summed E-state index contributed by atoms with van der Waals surface area (Å²) in [7, 11) is 0. The molecule has 4 heteroatoms. The first-order valence-corrected chi connectivity index (χ1v) is 8.03. The molecule has 0 aliphatic rings. The highest BCUT2D eigenvalue weighted by Crippen LogP contribution is 2.15. The highest BCUT2D eigenvalue weighted by atomic mass is 16.5. The predicted octanol–water partition coefficient (Wildman–Crippen LogP) is 4.06. The number of esters is 1. The van der Waals surface area contributed by atoms with E-state index in [-0.39, 0.29) is 5.97 Å². The molecule has 24 heavy (non-hydrogen) atoms. The number of aromatic nitrogens is 2. The number of rotatable bonds is 6. The molecule has 1 aromatic carbocycles. The summed E-state index contributed by atoms with van der Waals surface area (Å²) in [4.78, 5) is 19.1. The standard InChI is InChI=1S/C20H20N2O2/c1-15-11-17(14-21-13-15)3-2-10-24-20(23)7-5-16-4-6-19-18(12-16)8-9-22-19/h4-9,11-14,22H,2-3,10H2,1H3/b7-5+. The summed E-state index contributed by atoms with van der Waals surface area (Å²) in [5, 5.41) is 1.12. The second-order valence-corrected chi connectivity index (χ2v) is 5.80. The van der Waals surface area contributed by atoms with E-state index in [1.165, 1.54) is 11.6 Å². The van der Waals surface area contributed by atoms with Crippen LogP contribution in [0.3, 0.4) is 0 Å². The van der Waals surface area contributed by atoms with Crippen LogP contribution in [0.1, 0.15) is 23.1 Å². The number of aromatic amines is 1. The van der Waals surface area contributed by atoms with E-state index < -0.39 is 0 Å². The SMILES string of the molecule is Cc1cncc(CCCOC(=O)/C=C/c2ccc3[nH]ccc3c2)c1. The lowest BCUT2D eigenvalue weighted by atomic mass is 10.1. The van der Waals surface area contributed by atoms with Gasteiger partial charge in [-0.3, -0.25) is 4.98 Å². The monoisotopic (exact) mass is 320 g/mol. The minimum atomic E-state index is -0.313. The second kappa shape index (κ2) is 7.59. The van der Waals surface area contributed by atoms with Gasteiger partial charge in [0.15, 0.2) is 0 Å². The minimum absolute atomic E-state index is 0.313. The number of carbonyl (C=O) groups is 1. The van der Waals surface area contributed by atoms with Crippen LogP contribution in [0.4, 0.5) is 0 Å². The summed E-state index contributed by atoms with van der Waals surface area (Å²) in [6, 6.07) is 10.1. The molecule has 3 aromatic rings. The number of benzene rings is 1. The van der Waals surface area contributed by atoms with Gasteiger partial charge in [0.25, 0.3) is 0 Å². The fraction of sp³-hybridized carbons (Fsp3) is 0.200. The number of fused-ring (bicyclic) bond motifs is 1. The number of nitrogens with zero attached hydrogens (tertiary/aromatic N) is 1. The second-order valence-electron chi connectivity index (χ2n) is 5.80. The average molecular weight is 320 g/mol. The lowest BCUT2D eigenvalue weighted by Crippen LogP contribution is -2.03. The highest BCUT2D eigenvalue weighted by Gasteiger charge is 2.00. The Balaban J connectivity index is 1.45. The molecule has 122 valence electrons. The number of hydrogen-bond acceptors (Lipinski definition) is 3. The minimum Gasteiger partial charge on any atom is -0.463 e. The lowest BCUT2D eigenvalue weighted by Gasteiger charge is -2.03. The molecule has 0 bridgehead atoms. The Morgan fingerprint density at radius 2 is 2.17 bits per heavy atom. The van der Waals surface area contributed by atoms with Crippen LogP contribution in [0.2, 0.25) is 0 Å². The van der Waals surface area contributed by atoms with E-state index >= 15 is 0 Å². The molecule has 0 fully saturated rings. The van der Waals surface area contributed by atoms with Gasteiger partial charge in [-0.15, -0.1) is 0 Å². The van der Waals surface area contributed by atoms with Crippen molar-refractivity contribution in [1.29, 1.82) is 0 Å². The summed E-state index contributed by atoms with van der Waals surface area (Å²) in [6.45, 7) is 2.43. The molecule has 0 atom stereocenters. The molecular formula is C20H20N2O2. The molecule has 1 N–H and O–H groups in total. The first-order chi connectivity index (χ1) is 11.7. The van der Waals surface area contributed by atoms with Gasteiger partial charge in [-0.2, -0.15) is 0 Å². The normalized spacial score (nSPS) is 11.2. The molecule has 2 aromatic heterocycles. The van der Waals surface area contributed by atoms with Crippen molar-refractivity contribution in [3.63, 3.8) is 0 Å². The number of nitrogens with one attached hydrogen (secondary N) is 1. The van der Waals surface area contributed by atoms with Gasteiger partial charge in [-0.25, -0.2) is 4.79 Å². The van der Waals surface area contributed by atoms with Crippen LogP contribution in [-0.4, -0.2) is 22.5 Å². The van der Waals surface area contributed by atoms with E-state index in [0.29, 0.717) is 6.61 Å². The maximum absolute atomic E-state index is 11.8. The summed E-state index contributed by atoms with van der Waals surface area (Å²) < 4.78 is 5.24. The van der Waals surface area contributed by atoms with E-state index in [1.54, 1.807) is 6.08 Å². The zero-order valence-electron chi connectivity index (χ0n) is 13.7. The summed E-state index contributed by atoms with van der Waals surface area (Å²) in [5.74, 6) is -0.313. The third-order valence-electron chi connectivity index (χ3n) is 3.77. The van der Waals surface area contributed by atoms with Crippen LogP contribution < -0.4 is 0 Å². The fourth-order valence-corrected chi connectivity index (χ4v) is 2.59. The third kappa shape index (κ3) is 4.32. The van der Waals surface area contributed by atoms with Crippen molar-refractivity contribution in [2.24, 2.45) is 0 Å². The Bertz CT molecular complexity index is 865. The largest absolute Gasteiger partial charge is 0.463 e. The van der Waals surface area contributed by atoms with Crippen molar-refractivity contribution in [2.45, 2.75) is 19.8 Å². The van der Waals surface area contributed by atoms with Gasteiger partial charge in [-0.1, -0.05) is 12.1 Å². The Morgan fingerprint density at radius 3 is 3.04 bits per heavy atom.